The number of carbonyl (C=O) groups excluding carboxylic acids is 2. The van der Waals surface area contributed by atoms with Crippen molar-refractivity contribution in [2.75, 3.05) is 12.8 Å². The predicted molar refractivity (Wildman–Crippen MR) is 82.7 cm³/mol. The minimum absolute atomic E-state index is 0.0470. The number of hydrogen-bond donors (Lipinski definition) is 1. The first kappa shape index (κ1) is 15.7. The minimum atomic E-state index is -0.578. The van der Waals surface area contributed by atoms with Gasteiger partial charge in [0.2, 0.25) is 11.8 Å². The Morgan fingerprint density at radius 2 is 2.05 bits per heavy atom. The highest BCUT2D eigenvalue weighted by Gasteiger charge is 2.51. The lowest BCUT2D eigenvalue weighted by atomic mass is 9.90. The summed E-state index contributed by atoms with van der Waals surface area (Å²) in [6, 6.07) is -0.275. The van der Waals surface area contributed by atoms with E-state index >= 15 is 0 Å². The number of hydrogen-bond acceptors (Lipinski definition) is 3. The summed E-state index contributed by atoms with van der Waals surface area (Å²) in [6.45, 7) is 4.86. The molecule has 2 atom stereocenters. The quantitative estimate of drug-likeness (QED) is 0.846. The Morgan fingerprint density at radius 3 is 2.60 bits per heavy atom. The van der Waals surface area contributed by atoms with Crippen molar-refractivity contribution in [2.24, 2.45) is 0 Å². The summed E-state index contributed by atoms with van der Waals surface area (Å²) in [5.74, 6) is 0.209. The van der Waals surface area contributed by atoms with Crippen LogP contribution in [0.1, 0.15) is 52.4 Å². The van der Waals surface area contributed by atoms with Gasteiger partial charge in [-0.25, -0.2) is 0 Å². The van der Waals surface area contributed by atoms with Crippen LogP contribution < -0.4 is 5.32 Å². The van der Waals surface area contributed by atoms with Gasteiger partial charge in [0.25, 0.3) is 0 Å². The van der Waals surface area contributed by atoms with Crippen molar-refractivity contribution in [3.63, 3.8) is 0 Å². The Bertz CT molecular complexity index is 380. The van der Waals surface area contributed by atoms with Crippen LogP contribution in [0.3, 0.4) is 0 Å². The number of rotatable bonds is 5. The van der Waals surface area contributed by atoms with Crippen LogP contribution in [-0.2, 0) is 9.59 Å². The Morgan fingerprint density at radius 1 is 1.40 bits per heavy atom. The van der Waals surface area contributed by atoms with E-state index < -0.39 is 5.54 Å². The van der Waals surface area contributed by atoms with Crippen LogP contribution in [0.25, 0.3) is 0 Å². The molecule has 20 heavy (non-hydrogen) atoms. The van der Waals surface area contributed by atoms with Gasteiger partial charge in [-0.05, 0) is 31.9 Å². The van der Waals surface area contributed by atoms with Crippen molar-refractivity contribution in [1.29, 1.82) is 0 Å². The lowest BCUT2D eigenvalue weighted by Crippen LogP contribution is -2.69. The average Bonchev–Trinajstić information content (AvgIpc) is 2.90. The summed E-state index contributed by atoms with van der Waals surface area (Å²) >= 11 is 1.81. The van der Waals surface area contributed by atoms with Gasteiger partial charge in [0.1, 0.15) is 11.6 Å². The fraction of sp³-hybridized carbons (Fsp3) is 0.867. The van der Waals surface area contributed by atoms with Crippen molar-refractivity contribution in [2.45, 2.75) is 69.2 Å². The topological polar surface area (TPSA) is 49.4 Å². The SMILES string of the molecule is CCC1C(=O)NC2(CCCC2)C(=O)N1CCC(C)SC. The maximum atomic E-state index is 12.9. The zero-order valence-corrected chi connectivity index (χ0v) is 13.6. The van der Waals surface area contributed by atoms with E-state index in [-0.39, 0.29) is 17.9 Å². The molecule has 0 aromatic heterocycles. The molecule has 114 valence electrons. The van der Waals surface area contributed by atoms with E-state index in [1.54, 1.807) is 0 Å². The van der Waals surface area contributed by atoms with Gasteiger partial charge in [-0.2, -0.15) is 11.8 Å². The van der Waals surface area contributed by atoms with Crippen LogP contribution in [0, 0.1) is 0 Å². The monoisotopic (exact) mass is 298 g/mol. The Labute approximate surface area is 126 Å². The standard InChI is InChI=1S/C15H26N2O2S/c1-4-12-13(18)16-15(8-5-6-9-15)14(19)17(12)10-7-11(2)20-3/h11-12H,4-10H2,1-3H3,(H,16,18). The molecule has 2 fully saturated rings. The Kier molecular flexibility index (Phi) is 4.99. The third-order valence-corrected chi connectivity index (χ3v) is 5.77. The summed E-state index contributed by atoms with van der Waals surface area (Å²) in [7, 11) is 0. The van der Waals surface area contributed by atoms with Gasteiger partial charge in [0.15, 0.2) is 0 Å². The van der Waals surface area contributed by atoms with Crippen LogP contribution in [0.15, 0.2) is 0 Å². The second kappa shape index (κ2) is 6.37. The average molecular weight is 298 g/mol. The van der Waals surface area contributed by atoms with Crippen molar-refractivity contribution in [1.82, 2.24) is 10.2 Å². The molecule has 2 rings (SSSR count). The third kappa shape index (κ3) is 2.83. The number of thioether (sulfide) groups is 1. The molecule has 1 heterocycles. The lowest BCUT2D eigenvalue weighted by molar-refractivity contribution is -0.155. The fourth-order valence-electron chi connectivity index (χ4n) is 3.35. The minimum Gasteiger partial charge on any atom is -0.340 e. The smallest absolute Gasteiger partial charge is 0.249 e. The molecule has 4 nitrogen and oxygen atoms in total. The molecule has 2 aliphatic rings. The van der Waals surface area contributed by atoms with Gasteiger partial charge >= 0.3 is 0 Å². The molecular weight excluding hydrogens is 272 g/mol. The fourth-order valence-corrected chi connectivity index (χ4v) is 3.69. The molecule has 0 aromatic carbocycles. The van der Waals surface area contributed by atoms with Gasteiger partial charge in [-0.15, -0.1) is 0 Å². The van der Waals surface area contributed by atoms with Crippen molar-refractivity contribution in [3.05, 3.63) is 0 Å². The maximum Gasteiger partial charge on any atom is 0.249 e. The second-order valence-corrected chi connectivity index (χ2v) is 7.31. The molecule has 0 aromatic rings. The van der Waals surface area contributed by atoms with Gasteiger partial charge in [-0.1, -0.05) is 26.7 Å². The molecular formula is C15H26N2O2S. The normalized spacial score (nSPS) is 26.9. The summed E-state index contributed by atoms with van der Waals surface area (Å²) in [4.78, 5) is 27.1. The number of piperazine rings is 1. The van der Waals surface area contributed by atoms with E-state index in [1.165, 1.54) is 0 Å². The van der Waals surface area contributed by atoms with Crippen molar-refractivity contribution < 1.29 is 9.59 Å². The van der Waals surface area contributed by atoms with E-state index in [2.05, 4.69) is 18.5 Å². The zero-order valence-electron chi connectivity index (χ0n) is 12.8. The highest BCUT2D eigenvalue weighted by molar-refractivity contribution is 7.99. The van der Waals surface area contributed by atoms with Gasteiger partial charge in [0.05, 0.1) is 0 Å². The van der Waals surface area contributed by atoms with Crippen LogP contribution in [-0.4, -0.2) is 46.3 Å². The van der Waals surface area contributed by atoms with Gasteiger partial charge < -0.3 is 10.2 Å². The van der Waals surface area contributed by atoms with Crippen molar-refractivity contribution >= 4 is 23.6 Å². The summed E-state index contributed by atoms with van der Waals surface area (Å²) in [5, 5.41) is 3.56. The molecule has 2 amide bonds. The molecule has 1 spiro atoms. The van der Waals surface area contributed by atoms with Gasteiger partial charge in [-0.3, -0.25) is 9.59 Å². The highest BCUT2D eigenvalue weighted by atomic mass is 32.2. The van der Waals surface area contributed by atoms with E-state index in [4.69, 9.17) is 0 Å². The Balaban J connectivity index is 2.14. The molecule has 1 aliphatic heterocycles. The molecule has 0 bridgehead atoms. The Hall–Kier alpha value is -0.710. The third-order valence-electron chi connectivity index (χ3n) is 4.73. The summed E-state index contributed by atoms with van der Waals surface area (Å²) in [5.41, 5.74) is -0.578. The molecule has 1 saturated heterocycles. The molecule has 2 unspecified atom stereocenters. The lowest BCUT2D eigenvalue weighted by Gasteiger charge is -2.44. The highest BCUT2D eigenvalue weighted by Crippen LogP contribution is 2.35. The van der Waals surface area contributed by atoms with Crippen LogP contribution in [0.2, 0.25) is 0 Å². The first-order chi connectivity index (χ1) is 9.54. The van der Waals surface area contributed by atoms with E-state index in [9.17, 15) is 9.59 Å². The second-order valence-electron chi connectivity index (χ2n) is 6.04. The number of nitrogens with zero attached hydrogens (tertiary/aromatic N) is 1. The van der Waals surface area contributed by atoms with Crippen molar-refractivity contribution in [3.8, 4) is 0 Å². The van der Waals surface area contributed by atoms with Crippen LogP contribution >= 0.6 is 11.8 Å². The van der Waals surface area contributed by atoms with Crippen LogP contribution in [0.4, 0.5) is 0 Å². The van der Waals surface area contributed by atoms with E-state index in [0.29, 0.717) is 18.2 Å². The maximum absolute atomic E-state index is 12.9. The van der Waals surface area contributed by atoms with E-state index in [1.807, 2.05) is 23.6 Å². The zero-order chi connectivity index (χ0) is 14.8. The largest absolute Gasteiger partial charge is 0.340 e. The van der Waals surface area contributed by atoms with Gasteiger partial charge in [0, 0.05) is 11.8 Å². The summed E-state index contributed by atoms with van der Waals surface area (Å²) < 4.78 is 0. The number of carbonyl (C=O) groups is 2. The first-order valence-corrected chi connectivity index (χ1v) is 8.98. The molecule has 1 saturated carbocycles. The number of amides is 2. The number of nitrogens with one attached hydrogen (secondary N) is 1. The first-order valence-electron chi connectivity index (χ1n) is 7.70. The molecule has 1 aliphatic carbocycles. The predicted octanol–water partition coefficient (Wildman–Crippen LogP) is 2.18. The van der Waals surface area contributed by atoms with E-state index in [0.717, 1.165) is 32.1 Å². The molecule has 1 N–H and O–H groups in total. The summed E-state index contributed by atoms with van der Waals surface area (Å²) in [6.07, 6.45) is 7.43. The molecule has 0 radical (unpaired) electrons. The van der Waals surface area contributed by atoms with Crippen LogP contribution in [0.5, 0.6) is 0 Å². The molecule has 5 heteroatoms.